The fourth-order valence-electron chi connectivity index (χ4n) is 0.621. The zero-order valence-electron chi connectivity index (χ0n) is 18.5. The van der Waals surface area contributed by atoms with E-state index in [1.807, 2.05) is 89.8 Å². The lowest BCUT2D eigenvalue weighted by molar-refractivity contribution is -0.118. The minimum atomic E-state index is 0. The molecule has 0 radical (unpaired) electrons. The number of aliphatic imine (C=N–C) groups is 2. The highest BCUT2D eigenvalue weighted by molar-refractivity contribution is 5.79. The van der Waals surface area contributed by atoms with E-state index >= 15 is 0 Å². The number of aromatic nitrogens is 1. The normalized spacial score (nSPS) is 7.50. The third-order valence-electron chi connectivity index (χ3n) is 2.52. The summed E-state index contributed by atoms with van der Waals surface area (Å²) in [7, 11) is 11.1. The number of nitrogens with one attached hydrogen (secondary N) is 1. The summed E-state index contributed by atoms with van der Waals surface area (Å²) in [5.74, 6) is 1.06. The van der Waals surface area contributed by atoms with Gasteiger partial charge in [-0.15, -0.1) is 0 Å². The Balaban J connectivity index is -0.0000000397. The van der Waals surface area contributed by atoms with Crippen molar-refractivity contribution in [2.24, 2.45) is 17.0 Å². The second-order valence-electron chi connectivity index (χ2n) is 4.99. The quantitative estimate of drug-likeness (QED) is 0.465. The van der Waals surface area contributed by atoms with E-state index < -0.39 is 0 Å². The van der Waals surface area contributed by atoms with E-state index in [-0.39, 0.29) is 28.2 Å². The molecule has 0 saturated carbocycles. The Bertz CT molecular complexity index is 432. The second-order valence-corrected chi connectivity index (χ2v) is 4.99. The van der Waals surface area contributed by atoms with Crippen molar-refractivity contribution in [3.8, 4) is 0 Å². The van der Waals surface area contributed by atoms with Crippen LogP contribution in [-0.4, -0.2) is 62.2 Å². The standard InChI is InChI=1S/C5H12N2.C5H7N.C4H9N.C3H7NO.C2H6.3CH4/c1-5(6-2)7(3)4;1-6-4-2-3-5-6;1-4(2)5-3;1-3(5)4-2;1-2;;;/h1-4H3;2-5H,1H3;1-3H3;1-2H3,(H,4,5);1-2H3;3*1H4. The van der Waals surface area contributed by atoms with Gasteiger partial charge in [-0.05, 0) is 32.9 Å². The van der Waals surface area contributed by atoms with Gasteiger partial charge in [0.05, 0.1) is 5.84 Å². The van der Waals surface area contributed by atoms with Crippen LogP contribution in [0.1, 0.15) is 63.8 Å². The molecule has 0 aliphatic rings. The van der Waals surface area contributed by atoms with E-state index in [4.69, 9.17) is 0 Å². The van der Waals surface area contributed by atoms with Crippen molar-refractivity contribution in [1.29, 1.82) is 0 Å². The van der Waals surface area contributed by atoms with Crippen LogP contribution in [0.25, 0.3) is 0 Å². The molecule has 0 saturated heterocycles. The molecule has 0 spiro atoms. The van der Waals surface area contributed by atoms with E-state index in [1.54, 1.807) is 21.1 Å². The predicted molar refractivity (Wildman–Crippen MR) is 134 cm³/mol. The topological polar surface area (TPSA) is 62.0 Å². The van der Waals surface area contributed by atoms with Gasteiger partial charge in [-0.1, -0.05) is 36.1 Å². The van der Waals surface area contributed by atoms with Gasteiger partial charge in [-0.2, -0.15) is 0 Å². The number of hydrogen-bond acceptors (Lipinski definition) is 3. The molecule has 1 rings (SSSR count). The molecular weight excluding hydrogens is 350 g/mol. The van der Waals surface area contributed by atoms with Gasteiger partial charge in [0.25, 0.3) is 0 Å². The largest absolute Gasteiger partial charge is 0.367 e. The Morgan fingerprint density at radius 2 is 1.18 bits per heavy atom. The fourth-order valence-corrected chi connectivity index (χ4v) is 0.621. The molecule has 0 atom stereocenters. The molecule has 0 bridgehead atoms. The molecule has 6 nitrogen and oxygen atoms in total. The number of amidine groups is 1. The van der Waals surface area contributed by atoms with Crippen LogP contribution < -0.4 is 5.32 Å². The minimum absolute atomic E-state index is 0. The fraction of sp³-hybridized carbons (Fsp3) is 0.682. The molecule has 1 amide bonds. The molecule has 0 unspecified atom stereocenters. The van der Waals surface area contributed by atoms with E-state index in [2.05, 4.69) is 15.3 Å². The summed E-state index contributed by atoms with van der Waals surface area (Å²) < 4.78 is 2.00. The van der Waals surface area contributed by atoms with Gasteiger partial charge >= 0.3 is 0 Å². The molecule has 1 N–H and O–H groups in total. The zero-order valence-corrected chi connectivity index (χ0v) is 18.5. The lowest BCUT2D eigenvalue weighted by Crippen LogP contribution is -2.17. The third kappa shape index (κ3) is 56.5. The molecule has 1 aromatic heterocycles. The molecule has 0 aliphatic carbocycles. The maximum atomic E-state index is 9.70. The number of rotatable bonds is 0. The smallest absolute Gasteiger partial charge is 0.216 e. The highest BCUT2D eigenvalue weighted by Gasteiger charge is 1.85. The zero-order chi connectivity index (χ0) is 20.8. The lowest BCUT2D eigenvalue weighted by Gasteiger charge is -2.08. The molecule has 0 aromatic carbocycles. The molecule has 28 heavy (non-hydrogen) atoms. The van der Waals surface area contributed by atoms with E-state index in [0.29, 0.717) is 0 Å². The first kappa shape index (κ1) is 44.9. The van der Waals surface area contributed by atoms with E-state index in [9.17, 15) is 4.79 Å². The summed E-state index contributed by atoms with van der Waals surface area (Å²) in [6.07, 6.45) is 4.00. The number of carbonyl (C=O) groups excluding carboxylic acids is 1. The van der Waals surface area contributed by atoms with Gasteiger partial charge in [0.2, 0.25) is 5.91 Å². The van der Waals surface area contributed by atoms with E-state index in [0.717, 1.165) is 11.5 Å². The predicted octanol–water partition coefficient (Wildman–Crippen LogP) is 5.41. The number of hydrogen-bond donors (Lipinski definition) is 1. The van der Waals surface area contributed by atoms with Crippen LogP contribution in [0, 0.1) is 0 Å². The summed E-state index contributed by atoms with van der Waals surface area (Å²) in [6.45, 7) is 11.4. The Hall–Kier alpha value is -2.11. The summed E-state index contributed by atoms with van der Waals surface area (Å²) in [5, 5.41) is 2.39. The van der Waals surface area contributed by atoms with Crippen LogP contribution in [0.5, 0.6) is 0 Å². The average Bonchev–Trinajstić information content (AvgIpc) is 3.08. The number of carbonyl (C=O) groups is 1. The highest BCUT2D eigenvalue weighted by atomic mass is 16.1. The van der Waals surface area contributed by atoms with Crippen LogP contribution in [0.4, 0.5) is 0 Å². The lowest BCUT2D eigenvalue weighted by atomic mass is 10.5. The van der Waals surface area contributed by atoms with Gasteiger partial charge in [0.15, 0.2) is 0 Å². The Kier molecular flexibility index (Phi) is 57.6. The molecule has 172 valence electrons. The summed E-state index contributed by atoms with van der Waals surface area (Å²) in [4.78, 5) is 19.4. The van der Waals surface area contributed by atoms with Crippen LogP contribution >= 0.6 is 0 Å². The van der Waals surface area contributed by atoms with Crippen molar-refractivity contribution in [2.75, 3.05) is 35.2 Å². The monoisotopic (exact) mass is 403 g/mol. The maximum Gasteiger partial charge on any atom is 0.216 e. The van der Waals surface area contributed by atoms with Gasteiger partial charge in [0.1, 0.15) is 0 Å². The summed E-state index contributed by atoms with van der Waals surface area (Å²) in [5.41, 5.74) is 1.13. The number of aryl methyl sites for hydroxylation is 1. The summed E-state index contributed by atoms with van der Waals surface area (Å²) in [6, 6.07) is 4.00. The van der Waals surface area contributed by atoms with Gasteiger partial charge in [0, 0.05) is 67.3 Å². The molecule has 0 aliphatic heterocycles. The average molecular weight is 404 g/mol. The van der Waals surface area contributed by atoms with Crippen molar-refractivity contribution in [1.82, 2.24) is 14.8 Å². The molecule has 0 fully saturated rings. The molecule has 6 heteroatoms. The van der Waals surface area contributed by atoms with Crippen molar-refractivity contribution in [2.45, 2.75) is 63.8 Å². The van der Waals surface area contributed by atoms with Crippen molar-refractivity contribution >= 4 is 17.5 Å². The van der Waals surface area contributed by atoms with Crippen molar-refractivity contribution < 1.29 is 4.79 Å². The molecule has 1 aromatic rings. The van der Waals surface area contributed by atoms with Gasteiger partial charge in [-0.25, -0.2) is 0 Å². The Labute approximate surface area is 178 Å². The minimum Gasteiger partial charge on any atom is -0.367 e. The van der Waals surface area contributed by atoms with Crippen molar-refractivity contribution in [3.63, 3.8) is 0 Å². The van der Waals surface area contributed by atoms with Gasteiger partial charge in [-0.3, -0.25) is 14.8 Å². The number of nitrogens with zero attached hydrogens (tertiary/aromatic N) is 4. The van der Waals surface area contributed by atoms with Crippen LogP contribution in [-0.2, 0) is 11.8 Å². The van der Waals surface area contributed by atoms with Crippen LogP contribution in [0.15, 0.2) is 34.5 Å². The summed E-state index contributed by atoms with van der Waals surface area (Å²) >= 11 is 0. The van der Waals surface area contributed by atoms with Gasteiger partial charge < -0.3 is 14.8 Å². The molecule has 1 heterocycles. The first-order valence-electron chi connectivity index (χ1n) is 8.38. The molecular formula is C22H53N5O. The first-order chi connectivity index (χ1) is 11.6. The SMILES string of the molecule is C.C.C.CC.CN=C(C)C.CN=C(C)N(C)C.CNC(C)=O.Cn1cccc1. The first-order valence-corrected chi connectivity index (χ1v) is 8.38. The van der Waals surface area contributed by atoms with E-state index in [1.165, 1.54) is 6.92 Å². The maximum absolute atomic E-state index is 9.70. The van der Waals surface area contributed by atoms with Crippen molar-refractivity contribution in [3.05, 3.63) is 24.5 Å². The number of amides is 1. The van der Waals surface area contributed by atoms with Crippen LogP contribution in [0.2, 0.25) is 0 Å². The third-order valence-corrected chi connectivity index (χ3v) is 2.52. The van der Waals surface area contributed by atoms with Crippen LogP contribution in [0.3, 0.4) is 0 Å². The Morgan fingerprint density at radius 3 is 1.21 bits per heavy atom. The Morgan fingerprint density at radius 1 is 0.893 bits per heavy atom. The second kappa shape index (κ2) is 35.9. The highest BCUT2D eigenvalue weighted by Crippen LogP contribution is 1.80.